The van der Waals surface area contributed by atoms with Crippen molar-refractivity contribution < 1.29 is 4.39 Å². The lowest BCUT2D eigenvalue weighted by molar-refractivity contribution is 0.572. The topological polar surface area (TPSA) is 12.0 Å². The molecule has 0 aromatic heterocycles. The molecule has 1 nitrogen and oxygen atoms in total. The summed E-state index contributed by atoms with van der Waals surface area (Å²) in [4.78, 5) is 0. The highest BCUT2D eigenvalue weighted by Gasteiger charge is 2.10. The molecule has 2 aromatic carbocycles. The number of rotatable bonds is 4. The predicted octanol–water partition coefficient (Wildman–Crippen LogP) is 5.75. The van der Waals surface area contributed by atoms with Crippen LogP contribution in [0.3, 0.4) is 0 Å². The molecule has 0 aliphatic heterocycles. The Hall–Kier alpha value is -0.610. The van der Waals surface area contributed by atoms with Crippen molar-refractivity contribution in [1.82, 2.24) is 5.32 Å². The maximum atomic E-state index is 13.2. The first kappa shape index (κ1) is 15.8. The van der Waals surface area contributed by atoms with Gasteiger partial charge in [0.15, 0.2) is 0 Å². The third kappa shape index (κ3) is 3.95. The first-order valence-corrected chi connectivity index (χ1v) is 7.64. The van der Waals surface area contributed by atoms with Gasteiger partial charge in [0.1, 0.15) is 5.82 Å². The molecule has 1 N–H and O–H groups in total. The normalized spacial score (nSPS) is 12.4. The highest BCUT2D eigenvalue weighted by molar-refractivity contribution is 9.10. The minimum absolute atomic E-state index is 0.0728. The summed E-state index contributed by atoms with van der Waals surface area (Å²) in [5.41, 5.74) is 1.98. The lowest BCUT2D eigenvalue weighted by Gasteiger charge is -2.16. The van der Waals surface area contributed by atoms with Crippen LogP contribution in [0.4, 0.5) is 4.39 Å². The molecule has 1 atom stereocenters. The third-order valence-corrected chi connectivity index (χ3v) is 4.20. The number of hydrogen-bond acceptors (Lipinski definition) is 1. The molecule has 0 aliphatic rings. The molecule has 0 aliphatic carbocycles. The molecule has 106 valence electrons. The Balaban J connectivity index is 2.04. The zero-order valence-corrected chi connectivity index (χ0v) is 13.9. The average molecular weight is 377 g/mol. The van der Waals surface area contributed by atoms with Gasteiger partial charge in [0.05, 0.1) is 4.47 Å². The summed E-state index contributed by atoms with van der Waals surface area (Å²) in [6, 6.07) is 10.5. The maximum absolute atomic E-state index is 13.2. The van der Waals surface area contributed by atoms with Crippen molar-refractivity contribution in [2.45, 2.75) is 19.5 Å². The van der Waals surface area contributed by atoms with Gasteiger partial charge in [-0.25, -0.2) is 4.39 Å². The maximum Gasteiger partial charge on any atom is 0.137 e. The van der Waals surface area contributed by atoms with Crippen molar-refractivity contribution in [2.75, 3.05) is 0 Å². The number of benzene rings is 2. The Kier molecular flexibility index (Phi) is 5.44. The van der Waals surface area contributed by atoms with Gasteiger partial charge in [-0.05, 0) is 58.2 Å². The van der Waals surface area contributed by atoms with Crippen LogP contribution in [0.5, 0.6) is 0 Å². The first-order chi connectivity index (χ1) is 9.47. The van der Waals surface area contributed by atoms with E-state index in [-0.39, 0.29) is 11.9 Å². The SMILES string of the molecule is CC(NCc1ccc(F)c(Br)c1)c1ccc(Cl)cc1Cl. The van der Waals surface area contributed by atoms with Crippen LogP contribution in [0.25, 0.3) is 0 Å². The summed E-state index contributed by atoms with van der Waals surface area (Å²) < 4.78 is 13.6. The molecule has 0 heterocycles. The number of nitrogens with one attached hydrogen (secondary N) is 1. The first-order valence-electron chi connectivity index (χ1n) is 6.09. The highest BCUT2D eigenvalue weighted by Crippen LogP contribution is 2.26. The minimum atomic E-state index is -0.262. The van der Waals surface area contributed by atoms with Crippen molar-refractivity contribution in [2.24, 2.45) is 0 Å². The van der Waals surface area contributed by atoms with Crippen molar-refractivity contribution in [3.8, 4) is 0 Å². The van der Waals surface area contributed by atoms with Crippen LogP contribution in [0.2, 0.25) is 10.0 Å². The fraction of sp³-hybridized carbons (Fsp3) is 0.200. The lowest BCUT2D eigenvalue weighted by Crippen LogP contribution is -2.18. The van der Waals surface area contributed by atoms with Crippen molar-refractivity contribution >= 4 is 39.1 Å². The average Bonchev–Trinajstić information content (AvgIpc) is 2.40. The van der Waals surface area contributed by atoms with Gasteiger partial charge in [-0.3, -0.25) is 0 Å². The molecular formula is C15H13BrCl2FN. The zero-order valence-electron chi connectivity index (χ0n) is 10.8. The molecule has 0 spiro atoms. The van der Waals surface area contributed by atoms with Crippen LogP contribution in [0, 0.1) is 5.82 Å². The number of hydrogen-bond donors (Lipinski definition) is 1. The van der Waals surface area contributed by atoms with Gasteiger partial charge in [-0.1, -0.05) is 35.3 Å². The quantitative estimate of drug-likeness (QED) is 0.716. The van der Waals surface area contributed by atoms with Crippen LogP contribution in [-0.2, 0) is 6.54 Å². The minimum Gasteiger partial charge on any atom is -0.306 e. The molecule has 5 heteroatoms. The summed E-state index contributed by atoms with van der Waals surface area (Å²) in [6.45, 7) is 2.65. The van der Waals surface area contributed by atoms with E-state index < -0.39 is 0 Å². The van der Waals surface area contributed by atoms with Crippen LogP contribution < -0.4 is 5.32 Å². The number of halogens is 4. The van der Waals surface area contributed by atoms with Crippen LogP contribution in [-0.4, -0.2) is 0 Å². The Morgan fingerprint density at radius 1 is 1.20 bits per heavy atom. The van der Waals surface area contributed by atoms with Gasteiger partial charge in [0.2, 0.25) is 0 Å². The van der Waals surface area contributed by atoms with E-state index in [0.717, 1.165) is 11.1 Å². The molecule has 0 saturated carbocycles. The largest absolute Gasteiger partial charge is 0.306 e. The van der Waals surface area contributed by atoms with Gasteiger partial charge in [0.25, 0.3) is 0 Å². The van der Waals surface area contributed by atoms with Crippen molar-refractivity contribution in [1.29, 1.82) is 0 Å². The Bertz CT molecular complexity index is 619. The van der Waals surface area contributed by atoms with Crippen LogP contribution >= 0.6 is 39.1 Å². The second-order valence-electron chi connectivity index (χ2n) is 4.52. The van der Waals surface area contributed by atoms with Gasteiger partial charge in [0, 0.05) is 22.6 Å². The van der Waals surface area contributed by atoms with Crippen LogP contribution in [0.15, 0.2) is 40.9 Å². The highest BCUT2D eigenvalue weighted by atomic mass is 79.9. The van der Waals surface area contributed by atoms with E-state index in [0.29, 0.717) is 21.1 Å². The molecule has 0 fully saturated rings. The van der Waals surface area contributed by atoms with E-state index in [9.17, 15) is 4.39 Å². The van der Waals surface area contributed by atoms with E-state index in [4.69, 9.17) is 23.2 Å². The van der Waals surface area contributed by atoms with Crippen molar-refractivity contribution in [3.63, 3.8) is 0 Å². The fourth-order valence-corrected chi connectivity index (χ4v) is 2.88. The summed E-state index contributed by atoms with van der Waals surface area (Å²) in [6.07, 6.45) is 0. The zero-order chi connectivity index (χ0) is 14.7. The molecule has 2 rings (SSSR count). The summed E-state index contributed by atoms with van der Waals surface area (Å²) in [5, 5.41) is 4.61. The lowest BCUT2D eigenvalue weighted by atomic mass is 10.1. The molecule has 2 aromatic rings. The molecule has 20 heavy (non-hydrogen) atoms. The third-order valence-electron chi connectivity index (χ3n) is 3.03. The van der Waals surface area contributed by atoms with E-state index >= 15 is 0 Å². The summed E-state index contributed by atoms with van der Waals surface area (Å²) in [7, 11) is 0. The monoisotopic (exact) mass is 375 g/mol. The molecular weight excluding hydrogens is 364 g/mol. The van der Waals surface area contributed by atoms with Crippen molar-refractivity contribution in [3.05, 3.63) is 67.9 Å². The Morgan fingerprint density at radius 3 is 2.60 bits per heavy atom. The molecule has 0 bridgehead atoms. The fourth-order valence-electron chi connectivity index (χ4n) is 1.88. The molecule has 0 saturated heterocycles. The summed E-state index contributed by atoms with van der Waals surface area (Å²) >= 11 is 15.2. The second-order valence-corrected chi connectivity index (χ2v) is 6.21. The Labute approximate surface area is 136 Å². The summed E-state index contributed by atoms with van der Waals surface area (Å²) in [5.74, 6) is -0.262. The van der Waals surface area contributed by atoms with E-state index in [2.05, 4.69) is 21.2 Å². The van der Waals surface area contributed by atoms with Gasteiger partial charge in [-0.2, -0.15) is 0 Å². The van der Waals surface area contributed by atoms with Crippen LogP contribution in [0.1, 0.15) is 24.1 Å². The molecule has 1 unspecified atom stereocenters. The smallest absolute Gasteiger partial charge is 0.137 e. The standard InChI is InChI=1S/C15H13BrCl2FN/c1-9(12-4-3-11(17)7-14(12)18)20-8-10-2-5-15(19)13(16)6-10/h2-7,9,20H,8H2,1H3. The van der Waals surface area contributed by atoms with E-state index in [1.165, 1.54) is 6.07 Å². The molecule has 0 radical (unpaired) electrons. The van der Waals surface area contributed by atoms with Gasteiger partial charge < -0.3 is 5.32 Å². The predicted molar refractivity (Wildman–Crippen MR) is 85.8 cm³/mol. The van der Waals surface area contributed by atoms with E-state index in [1.54, 1.807) is 18.2 Å². The van der Waals surface area contributed by atoms with Gasteiger partial charge in [-0.15, -0.1) is 0 Å². The van der Waals surface area contributed by atoms with E-state index in [1.807, 2.05) is 19.1 Å². The van der Waals surface area contributed by atoms with Gasteiger partial charge >= 0.3 is 0 Å². The second kappa shape index (κ2) is 6.90. The molecule has 0 amide bonds. The Morgan fingerprint density at radius 2 is 1.95 bits per heavy atom.